The van der Waals surface area contributed by atoms with Gasteiger partial charge in [0.25, 0.3) is 5.91 Å². The molecule has 0 aromatic carbocycles. The Morgan fingerprint density at radius 1 is 1.47 bits per heavy atom. The Hall–Kier alpha value is -2.17. The molecule has 2 rings (SSSR count). The van der Waals surface area contributed by atoms with Crippen molar-refractivity contribution < 1.29 is 4.79 Å². The Bertz CT molecular complexity index is 489. The van der Waals surface area contributed by atoms with Crippen molar-refractivity contribution in [3.05, 3.63) is 41.9 Å². The van der Waals surface area contributed by atoms with Crippen LogP contribution < -0.4 is 5.73 Å². The molecule has 76 valence electrons. The largest absolute Gasteiger partial charge is 0.365 e. The van der Waals surface area contributed by atoms with E-state index in [0.717, 1.165) is 0 Å². The molecule has 5 heteroatoms. The quantitative estimate of drug-likeness (QED) is 0.778. The van der Waals surface area contributed by atoms with Crippen LogP contribution in [0.25, 0.3) is 5.82 Å². The van der Waals surface area contributed by atoms with Crippen molar-refractivity contribution in [3.63, 3.8) is 0 Å². The molecule has 2 N–H and O–H groups in total. The fourth-order valence-electron chi connectivity index (χ4n) is 1.36. The molecule has 0 aliphatic carbocycles. The number of carbonyl (C=O) groups is 1. The van der Waals surface area contributed by atoms with E-state index in [1.165, 1.54) is 6.20 Å². The van der Waals surface area contributed by atoms with Crippen LogP contribution in [0.4, 0.5) is 0 Å². The summed E-state index contributed by atoms with van der Waals surface area (Å²) in [6.07, 6.45) is 3.12. The summed E-state index contributed by atoms with van der Waals surface area (Å²) in [5.74, 6) is 0.192. The van der Waals surface area contributed by atoms with E-state index in [2.05, 4.69) is 10.1 Å². The van der Waals surface area contributed by atoms with E-state index in [0.29, 0.717) is 17.1 Å². The van der Waals surface area contributed by atoms with E-state index in [4.69, 9.17) is 5.73 Å². The van der Waals surface area contributed by atoms with Crippen molar-refractivity contribution in [2.24, 2.45) is 5.73 Å². The summed E-state index contributed by atoms with van der Waals surface area (Å²) >= 11 is 0. The number of aromatic nitrogens is 3. The maximum atomic E-state index is 11.0. The molecule has 0 fully saturated rings. The van der Waals surface area contributed by atoms with Gasteiger partial charge in [0, 0.05) is 6.20 Å². The van der Waals surface area contributed by atoms with E-state index in [1.54, 1.807) is 17.8 Å². The molecule has 0 aliphatic heterocycles. The van der Waals surface area contributed by atoms with Gasteiger partial charge in [-0.3, -0.25) is 4.79 Å². The molecule has 0 saturated heterocycles. The Balaban J connectivity index is 2.52. The average Bonchev–Trinajstić information content (AvgIpc) is 2.61. The normalized spacial score (nSPS) is 10.2. The number of hydrogen-bond acceptors (Lipinski definition) is 3. The van der Waals surface area contributed by atoms with Gasteiger partial charge in [0.2, 0.25) is 0 Å². The summed E-state index contributed by atoms with van der Waals surface area (Å²) in [5.41, 5.74) is 6.31. The topological polar surface area (TPSA) is 73.8 Å². The maximum Gasteiger partial charge on any atom is 0.252 e. The summed E-state index contributed by atoms with van der Waals surface area (Å²) in [6.45, 7) is 1.78. The zero-order valence-electron chi connectivity index (χ0n) is 8.21. The van der Waals surface area contributed by atoms with Crippen molar-refractivity contribution in [2.75, 3.05) is 0 Å². The van der Waals surface area contributed by atoms with Gasteiger partial charge in [-0.15, -0.1) is 0 Å². The van der Waals surface area contributed by atoms with Gasteiger partial charge in [0.15, 0.2) is 5.82 Å². The number of primary amides is 1. The molecule has 0 aliphatic rings. The molecule has 2 aromatic heterocycles. The van der Waals surface area contributed by atoms with Gasteiger partial charge in [-0.2, -0.15) is 5.10 Å². The van der Waals surface area contributed by atoms with Crippen molar-refractivity contribution in [3.8, 4) is 5.82 Å². The molecule has 2 aromatic rings. The van der Waals surface area contributed by atoms with Gasteiger partial charge in [-0.25, -0.2) is 9.67 Å². The lowest BCUT2D eigenvalue weighted by molar-refractivity contribution is 0.0999. The van der Waals surface area contributed by atoms with Crippen LogP contribution >= 0.6 is 0 Å². The first-order valence-electron chi connectivity index (χ1n) is 4.46. The van der Waals surface area contributed by atoms with E-state index in [1.807, 2.05) is 18.2 Å². The van der Waals surface area contributed by atoms with Gasteiger partial charge >= 0.3 is 0 Å². The summed E-state index contributed by atoms with van der Waals surface area (Å²) < 4.78 is 1.58. The van der Waals surface area contributed by atoms with E-state index in [-0.39, 0.29) is 0 Å². The zero-order chi connectivity index (χ0) is 10.8. The minimum absolute atomic E-state index is 0.417. The van der Waals surface area contributed by atoms with Crippen LogP contribution in [-0.4, -0.2) is 20.7 Å². The first-order valence-corrected chi connectivity index (χ1v) is 4.46. The second kappa shape index (κ2) is 3.53. The van der Waals surface area contributed by atoms with E-state index < -0.39 is 5.91 Å². The van der Waals surface area contributed by atoms with Crippen LogP contribution in [0, 0.1) is 6.92 Å². The van der Waals surface area contributed by atoms with Crippen molar-refractivity contribution >= 4 is 5.91 Å². The molecule has 1 amide bonds. The summed E-state index contributed by atoms with van der Waals surface area (Å²) in [4.78, 5) is 15.1. The molecule has 5 nitrogen and oxygen atoms in total. The predicted octanol–water partition coefficient (Wildman–Crippen LogP) is 0.675. The highest BCUT2D eigenvalue weighted by Crippen LogP contribution is 2.10. The van der Waals surface area contributed by atoms with Gasteiger partial charge < -0.3 is 5.73 Å². The maximum absolute atomic E-state index is 11.0. The summed E-state index contributed by atoms with van der Waals surface area (Å²) in [6, 6.07) is 5.48. The third-order valence-electron chi connectivity index (χ3n) is 2.14. The molecule has 0 bridgehead atoms. The monoisotopic (exact) mass is 202 g/mol. The Kier molecular flexibility index (Phi) is 2.21. The number of pyridine rings is 1. The lowest BCUT2D eigenvalue weighted by atomic mass is 10.2. The van der Waals surface area contributed by atoms with Crippen LogP contribution in [0.1, 0.15) is 16.1 Å². The third kappa shape index (κ3) is 1.59. The van der Waals surface area contributed by atoms with Gasteiger partial charge in [-0.1, -0.05) is 6.07 Å². The molecule has 0 radical (unpaired) electrons. The molecule has 0 atom stereocenters. The highest BCUT2D eigenvalue weighted by Gasteiger charge is 2.12. The smallest absolute Gasteiger partial charge is 0.252 e. The lowest BCUT2D eigenvalue weighted by Crippen LogP contribution is -2.12. The number of carbonyl (C=O) groups excluding carboxylic acids is 1. The van der Waals surface area contributed by atoms with Gasteiger partial charge in [0.05, 0.1) is 17.5 Å². The first-order chi connectivity index (χ1) is 7.20. The van der Waals surface area contributed by atoms with E-state index in [9.17, 15) is 4.79 Å². The second-order valence-corrected chi connectivity index (χ2v) is 3.11. The number of amides is 1. The third-order valence-corrected chi connectivity index (χ3v) is 2.14. The molecule has 0 spiro atoms. The fourth-order valence-corrected chi connectivity index (χ4v) is 1.36. The number of nitrogens with zero attached hydrogens (tertiary/aromatic N) is 3. The number of rotatable bonds is 2. The minimum atomic E-state index is -0.477. The van der Waals surface area contributed by atoms with Crippen LogP contribution in [0.15, 0.2) is 30.6 Å². The van der Waals surface area contributed by atoms with Crippen molar-refractivity contribution in [2.45, 2.75) is 6.92 Å². The standard InChI is InChI=1S/C10H10N4O/c1-7-8(10(11)15)6-13-14(7)9-4-2-3-5-12-9/h2-6H,1H3,(H2,11,15). The fraction of sp³-hybridized carbons (Fsp3) is 0.100. The molecular formula is C10H10N4O. The number of hydrogen-bond donors (Lipinski definition) is 1. The first kappa shape index (κ1) is 9.39. The summed E-state index contributed by atoms with van der Waals surface area (Å²) in [7, 11) is 0. The Morgan fingerprint density at radius 2 is 2.27 bits per heavy atom. The Morgan fingerprint density at radius 3 is 2.80 bits per heavy atom. The number of nitrogens with two attached hydrogens (primary N) is 1. The second-order valence-electron chi connectivity index (χ2n) is 3.11. The molecular weight excluding hydrogens is 192 g/mol. The average molecular weight is 202 g/mol. The molecule has 15 heavy (non-hydrogen) atoms. The molecule has 0 unspecified atom stereocenters. The van der Waals surface area contributed by atoms with Gasteiger partial charge in [0.1, 0.15) is 0 Å². The van der Waals surface area contributed by atoms with Crippen LogP contribution in [-0.2, 0) is 0 Å². The van der Waals surface area contributed by atoms with Gasteiger partial charge in [-0.05, 0) is 19.1 Å². The SMILES string of the molecule is Cc1c(C(N)=O)cnn1-c1ccccn1. The van der Waals surface area contributed by atoms with Crippen molar-refractivity contribution in [1.82, 2.24) is 14.8 Å². The molecule has 0 saturated carbocycles. The zero-order valence-corrected chi connectivity index (χ0v) is 8.21. The van der Waals surface area contributed by atoms with Crippen LogP contribution in [0.5, 0.6) is 0 Å². The minimum Gasteiger partial charge on any atom is -0.365 e. The summed E-state index contributed by atoms with van der Waals surface area (Å²) in [5, 5.41) is 4.06. The lowest BCUT2D eigenvalue weighted by Gasteiger charge is -2.02. The van der Waals surface area contributed by atoms with Crippen LogP contribution in [0.3, 0.4) is 0 Å². The highest BCUT2D eigenvalue weighted by molar-refractivity contribution is 5.93. The molecule has 2 heterocycles. The van der Waals surface area contributed by atoms with Crippen LogP contribution in [0.2, 0.25) is 0 Å². The Labute approximate surface area is 86.5 Å². The predicted molar refractivity (Wildman–Crippen MR) is 54.6 cm³/mol. The highest BCUT2D eigenvalue weighted by atomic mass is 16.1. The van der Waals surface area contributed by atoms with E-state index >= 15 is 0 Å². The van der Waals surface area contributed by atoms with Crippen molar-refractivity contribution in [1.29, 1.82) is 0 Å².